The third-order valence-electron chi connectivity index (χ3n) is 6.17. The van der Waals surface area contributed by atoms with Crippen molar-refractivity contribution < 1.29 is 32.1 Å². The van der Waals surface area contributed by atoms with Crippen LogP contribution in [0, 0.1) is 17.3 Å². The fourth-order valence-electron chi connectivity index (χ4n) is 4.47. The van der Waals surface area contributed by atoms with Gasteiger partial charge in [-0.1, -0.05) is 26.0 Å². The molecule has 0 spiro atoms. The Hall–Kier alpha value is -0.760. The van der Waals surface area contributed by atoms with E-state index in [4.69, 9.17) is 14.0 Å². The number of rotatable bonds is 5. The van der Waals surface area contributed by atoms with Gasteiger partial charge in [-0.3, -0.25) is 8.75 Å². The summed E-state index contributed by atoms with van der Waals surface area (Å²) in [5, 5.41) is 10.9. The SMILES string of the molecule is CC1(C)C2CC(OS(=O)(=O)c3ccc(CP(=O)(O)O)cc3)C(C)(O)C1C2. The molecular formula is C17H25O7PS. The van der Waals surface area contributed by atoms with Gasteiger partial charge in [-0.2, -0.15) is 8.42 Å². The van der Waals surface area contributed by atoms with E-state index >= 15 is 0 Å². The second-order valence-electron chi connectivity index (χ2n) is 8.27. The number of aliphatic hydroxyl groups is 1. The molecule has 4 rings (SSSR count). The van der Waals surface area contributed by atoms with Gasteiger partial charge in [-0.25, -0.2) is 0 Å². The van der Waals surface area contributed by atoms with Crippen molar-refractivity contribution in [2.45, 2.75) is 56.4 Å². The molecule has 4 atom stereocenters. The third-order valence-corrected chi connectivity index (χ3v) is 8.28. The van der Waals surface area contributed by atoms with Crippen LogP contribution < -0.4 is 0 Å². The van der Waals surface area contributed by atoms with Gasteiger partial charge in [0.15, 0.2) is 0 Å². The Labute approximate surface area is 153 Å². The minimum absolute atomic E-state index is 0.0143. The van der Waals surface area contributed by atoms with Crippen LogP contribution in [0.1, 0.15) is 39.2 Å². The second kappa shape index (κ2) is 6.12. The summed E-state index contributed by atoms with van der Waals surface area (Å²) in [6.45, 7) is 5.81. The van der Waals surface area contributed by atoms with Gasteiger partial charge in [0, 0.05) is 0 Å². The minimum atomic E-state index is -4.22. The maximum absolute atomic E-state index is 12.6. The van der Waals surface area contributed by atoms with Crippen LogP contribution in [0.15, 0.2) is 29.2 Å². The second-order valence-corrected chi connectivity index (χ2v) is 11.5. The number of fused-ring (bicyclic) bond motifs is 2. The summed E-state index contributed by atoms with van der Waals surface area (Å²) in [6.07, 6.45) is 0.0894. The predicted molar refractivity (Wildman–Crippen MR) is 94.9 cm³/mol. The summed E-state index contributed by atoms with van der Waals surface area (Å²) in [5.74, 6) is 0.304. The Balaban J connectivity index is 1.77. The van der Waals surface area contributed by atoms with Gasteiger partial charge in [-0.15, -0.1) is 0 Å². The lowest BCUT2D eigenvalue weighted by Gasteiger charge is -2.64. The van der Waals surface area contributed by atoms with E-state index in [-0.39, 0.29) is 16.2 Å². The molecule has 9 heteroatoms. The van der Waals surface area contributed by atoms with Crippen LogP contribution in [0.5, 0.6) is 0 Å². The van der Waals surface area contributed by atoms with Crippen molar-refractivity contribution in [3.63, 3.8) is 0 Å². The average molecular weight is 404 g/mol. The zero-order valence-electron chi connectivity index (χ0n) is 15.0. The van der Waals surface area contributed by atoms with Gasteiger partial charge in [-0.05, 0) is 54.7 Å². The first-order valence-electron chi connectivity index (χ1n) is 8.52. The summed E-state index contributed by atoms with van der Waals surface area (Å²) in [5.41, 5.74) is -0.923. The molecule has 0 saturated heterocycles. The summed E-state index contributed by atoms with van der Waals surface area (Å²) in [7, 11) is -8.30. The van der Waals surface area contributed by atoms with Gasteiger partial charge in [0.2, 0.25) is 0 Å². The number of hydrogen-bond donors (Lipinski definition) is 3. The highest BCUT2D eigenvalue weighted by molar-refractivity contribution is 7.86. The summed E-state index contributed by atoms with van der Waals surface area (Å²) in [4.78, 5) is 17.9. The molecule has 7 nitrogen and oxygen atoms in total. The molecule has 4 unspecified atom stereocenters. The van der Waals surface area contributed by atoms with Gasteiger partial charge >= 0.3 is 7.60 Å². The molecular weight excluding hydrogens is 379 g/mol. The van der Waals surface area contributed by atoms with E-state index in [1.165, 1.54) is 24.3 Å². The van der Waals surface area contributed by atoms with Crippen molar-refractivity contribution in [3.8, 4) is 0 Å². The lowest BCUT2D eigenvalue weighted by Crippen LogP contribution is -2.67. The van der Waals surface area contributed by atoms with Crippen molar-refractivity contribution >= 4 is 17.7 Å². The molecule has 2 bridgehead atoms. The maximum atomic E-state index is 12.6. The fraction of sp³-hybridized carbons (Fsp3) is 0.647. The van der Waals surface area contributed by atoms with Crippen LogP contribution in [0.2, 0.25) is 0 Å². The lowest BCUT2D eigenvalue weighted by molar-refractivity contribution is -0.237. The van der Waals surface area contributed by atoms with Crippen LogP contribution >= 0.6 is 7.60 Å². The van der Waals surface area contributed by atoms with Crippen LogP contribution in [-0.4, -0.2) is 35.0 Å². The zero-order valence-corrected chi connectivity index (χ0v) is 16.7. The number of benzene rings is 1. The Morgan fingerprint density at radius 2 is 1.73 bits per heavy atom. The molecule has 0 radical (unpaired) electrons. The Kier molecular flexibility index (Phi) is 4.71. The van der Waals surface area contributed by atoms with Gasteiger partial charge in [0.1, 0.15) is 6.10 Å². The van der Waals surface area contributed by atoms with Crippen LogP contribution in [0.3, 0.4) is 0 Å². The molecule has 3 saturated carbocycles. The summed E-state index contributed by atoms with van der Waals surface area (Å²) < 4.78 is 41.6. The highest BCUT2D eigenvalue weighted by atomic mass is 32.2. The van der Waals surface area contributed by atoms with Crippen molar-refractivity contribution in [3.05, 3.63) is 29.8 Å². The molecule has 3 aliphatic carbocycles. The maximum Gasteiger partial charge on any atom is 0.329 e. The van der Waals surface area contributed by atoms with E-state index in [0.29, 0.717) is 17.9 Å². The fourth-order valence-corrected chi connectivity index (χ4v) is 6.32. The van der Waals surface area contributed by atoms with E-state index in [1.54, 1.807) is 6.92 Å². The summed E-state index contributed by atoms with van der Waals surface area (Å²) in [6, 6.07) is 5.24. The number of hydrogen-bond acceptors (Lipinski definition) is 5. The minimum Gasteiger partial charge on any atom is -0.387 e. The molecule has 0 aliphatic heterocycles. The standard InChI is InChI=1S/C17H25O7PS/c1-16(2)12-8-14(16)17(3,18)15(9-12)24-26(22,23)13-6-4-11(5-7-13)10-25(19,20)21/h4-7,12,14-15,18H,8-10H2,1-3H3,(H2,19,20,21). The van der Waals surface area contributed by atoms with E-state index in [0.717, 1.165) is 6.42 Å². The van der Waals surface area contributed by atoms with Crippen molar-refractivity contribution in [1.82, 2.24) is 0 Å². The van der Waals surface area contributed by atoms with Crippen LogP contribution in [0.25, 0.3) is 0 Å². The van der Waals surface area contributed by atoms with Crippen molar-refractivity contribution in [1.29, 1.82) is 0 Å². The molecule has 0 heterocycles. The Morgan fingerprint density at radius 3 is 2.19 bits per heavy atom. The molecule has 1 aromatic carbocycles. The third kappa shape index (κ3) is 3.51. The monoisotopic (exact) mass is 404 g/mol. The largest absolute Gasteiger partial charge is 0.387 e. The lowest BCUT2D eigenvalue weighted by atomic mass is 9.43. The first kappa shape index (κ1) is 20.0. The first-order chi connectivity index (χ1) is 11.7. The zero-order chi connectivity index (χ0) is 19.5. The summed E-state index contributed by atoms with van der Waals surface area (Å²) >= 11 is 0. The van der Waals surface area contributed by atoms with Gasteiger partial charge in [0.05, 0.1) is 16.7 Å². The van der Waals surface area contributed by atoms with Gasteiger partial charge in [0.25, 0.3) is 10.1 Å². The smallest absolute Gasteiger partial charge is 0.329 e. The quantitative estimate of drug-likeness (QED) is 0.508. The van der Waals surface area contributed by atoms with Crippen molar-refractivity contribution in [2.24, 2.45) is 17.3 Å². The van der Waals surface area contributed by atoms with Gasteiger partial charge < -0.3 is 14.9 Å². The predicted octanol–water partition coefficient (Wildman–Crippen LogP) is 2.26. The topological polar surface area (TPSA) is 121 Å². The van der Waals surface area contributed by atoms with Crippen molar-refractivity contribution in [2.75, 3.05) is 0 Å². The molecule has 0 amide bonds. The van der Waals surface area contributed by atoms with Crippen LogP contribution in [-0.2, 0) is 25.0 Å². The molecule has 0 aromatic heterocycles. The highest BCUT2D eigenvalue weighted by Crippen LogP contribution is 2.63. The normalized spacial score (nSPS) is 33.5. The Morgan fingerprint density at radius 1 is 1.15 bits per heavy atom. The molecule has 3 fully saturated rings. The van der Waals surface area contributed by atoms with E-state index in [2.05, 4.69) is 13.8 Å². The molecule has 3 aliphatic rings. The molecule has 3 N–H and O–H groups in total. The average Bonchev–Trinajstić information content (AvgIpc) is 2.47. The van der Waals surface area contributed by atoms with Crippen LogP contribution in [0.4, 0.5) is 0 Å². The highest BCUT2D eigenvalue weighted by Gasteiger charge is 2.64. The Bertz CT molecular complexity index is 838. The first-order valence-corrected chi connectivity index (χ1v) is 11.7. The van der Waals surface area contributed by atoms with E-state index in [1.807, 2.05) is 0 Å². The molecule has 1 aromatic rings. The van der Waals surface area contributed by atoms with E-state index in [9.17, 15) is 18.1 Å². The van der Waals surface area contributed by atoms with E-state index < -0.39 is 35.6 Å². The molecule has 26 heavy (non-hydrogen) atoms. The molecule has 146 valence electrons.